The van der Waals surface area contributed by atoms with Crippen molar-refractivity contribution in [2.45, 2.75) is 30.3 Å². The van der Waals surface area contributed by atoms with Crippen LogP contribution in [0.4, 0.5) is 10.1 Å². The van der Waals surface area contributed by atoms with Crippen LogP contribution in [0.15, 0.2) is 53.4 Å². The molecule has 1 aromatic heterocycles. The predicted molar refractivity (Wildman–Crippen MR) is 111 cm³/mol. The fraction of sp³-hybridized carbons (Fsp3) is 0.211. The molecular formula is C19H18FN5O3S2. The third kappa shape index (κ3) is 4.41. The van der Waals surface area contributed by atoms with Gasteiger partial charge in [-0.2, -0.15) is 5.10 Å². The highest BCUT2D eigenvalue weighted by Crippen LogP contribution is 2.35. The second-order valence-electron chi connectivity index (χ2n) is 6.87. The zero-order valence-electron chi connectivity index (χ0n) is 15.6. The van der Waals surface area contributed by atoms with Gasteiger partial charge >= 0.3 is 0 Å². The van der Waals surface area contributed by atoms with Crippen molar-refractivity contribution in [1.82, 2.24) is 20.1 Å². The molecule has 1 fully saturated rings. The summed E-state index contributed by atoms with van der Waals surface area (Å²) in [6.45, 7) is 0.224. The summed E-state index contributed by atoms with van der Waals surface area (Å²) in [6, 6.07) is 10.8. The molecule has 0 unspecified atom stereocenters. The Hall–Kier alpha value is -3.05. The lowest BCUT2D eigenvalue weighted by Crippen LogP contribution is -2.24. The number of H-pyrrole nitrogens is 1. The molecule has 4 rings (SSSR count). The van der Waals surface area contributed by atoms with E-state index in [9.17, 15) is 17.6 Å². The molecule has 1 heterocycles. The first kappa shape index (κ1) is 20.2. The molecule has 0 atom stereocenters. The highest BCUT2D eigenvalue weighted by atomic mass is 32.2. The molecule has 2 aromatic carbocycles. The van der Waals surface area contributed by atoms with Crippen LogP contribution in [0.2, 0.25) is 0 Å². The van der Waals surface area contributed by atoms with Gasteiger partial charge in [0.15, 0.2) is 10.6 Å². The first-order valence-electron chi connectivity index (χ1n) is 9.16. The largest absolute Gasteiger partial charge is 0.345 e. The Morgan fingerprint density at radius 3 is 2.47 bits per heavy atom. The predicted octanol–water partition coefficient (Wildman–Crippen LogP) is 3.15. The van der Waals surface area contributed by atoms with Crippen molar-refractivity contribution in [1.29, 1.82) is 0 Å². The lowest BCUT2D eigenvalue weighted by molar-refractivity contribution is 0.0949. The topological polar surface area (TPSA) is 109 Å². The Morgan fingerprint density at radius 2 is 1.83 bits per heavy atom. The second-order valence-corrected chi connectivity index (χ2v) is 8.93. The molecule has 1 aliphatic carbocycles. The van der Waals surface area contributed by atoms with E-state index >= 15 is 0 Å². The van der Waals surface area contributed by atoms with Crippen molar-refractivity contribution in [3.05, 3.63) is 70.5 Å². The number of rotatable bonds is 7. The van der Waals surface area contributed by atoms with E-state index < -0.39 is 15.8 Å². The van der Waals surface area contributed by atoms with Gasteiger partial charge in [-0.05, 0) is 73.6 Å². The minimum atomic E-state index is -3.86. The van der Waals surface area contributed by atoms with Gasteiger partial charge in [0, 0.05) is 17.3 Å². The number of sulfonamides is 1. The smallest absolute Gasteiger partial charge is 0.261 e. The lowest BCUT2D eigenvalue weighted by Gasteiger charge is -2.10. The molecule has 0 aliphatic heterocycles. The number of benzene rings is 2. The minimum absolute atomic E-state index is 0.0604. The zero-order valence-corrected chi connectivity index (χ0v) is 17.3. The number of carbonyl (C=O) groups is 1. The van der Waals surface area contributed by atoms with Gasteiger partial charge in [0.2, 0.25) is 0 Å². The van der Waals surface area contributed by atoms with Crippen LogP contribution < -0.4 is 10.0 Å². The maximum Gasteiger partial charge on any atom is 0.261 e. The minimum Gasteiger partial charge on any atom is -0.345 e. The van der Waals surface area contributed by atoms with Crippen LogP contribution >= 0.6 is 12.2 Å². The number of nitrogens with zero attached hydrogens (tertiary/aromatic N) is 2. The first-order chi connectivity index (χ1) is 14.3. The molecule has 0 spiro atoms. The average Bonchev–Trinajstić information content (AvgIpc) is 3.49. The Kier molecular flexibility index (Phi) is 5.39. The molecule has 3 aromatic rings. The second kappa shape index (κ2) is 8.00. The third-order valence-electron chi connectivity index (χ3n) is 4.62. The lowest BCUT2D eigenvalue weighted by atomic mass is 10.2. The molecule has 8 nitrogen and oxygen atoms in total. The number of aromatic amines is 1. The van der Waals surface area contributed by atoms with Gasteiger partial charge < -0.3 is 5.32 Å². The van der Waals surface area contributed by atoms with E-state index in [0.29, 0.717) is 22.2 Å². The first-order valence-corrected chi connectivity index (χ1v) is 11.0. The van der Waals surface area contributed by atoms with E-state index in [1.807, 2.05) is 4.57 Å². The van der Waals surface area contributed by atoms with Crippen LogP contribution in [-0.4, -0.2) is 29.1 Å². The number of aromatic nitrogens is 3. The summed E-state index contributed by atoms with van der Waals surface area (Å²) in [7, 11) is -3.86. The van der Waals surface area contributed by atoms with Crippen molar-refractivity contribution in [2.24, 2.45) is 0 Å². The quantitative estimate of drug-likeness (QED) is 0.482. The van der Waals surface area contributed by atoms with Crippen LogP contribution in [0.3, 0.4) is 0 Å². The molecule has 11 heteroatoms. The van der Waals surface area contributed by atoms with Crippen molar-refractivity contribution in [3.63, 3.8) is 0 Å². The standard InChI is InChI=1S/C19H18FN5O3S2/c20-13-3-9-16(10-4-13)30(27,28)24-14-5-1-12(2-6-14)18(26)21-11-17-22-23-19(29)25(17)15-7-8-15/h1-6,9-10,15,24H,7-8,11H2,(H,21,26)(H,23,29). The Morgan fingerprint density at radius 1 is 1.17 bits per heavy atom. The van der Waals surface area contributed by atoms with Gasteiger partial charge in [0.05, 0.1) is 11.4 Å². The van der Waals surface area contributed by atoms with Gasteiger partial charge in [0.1, 0.15) is 5.82 Å². The fourth-order valence-electron chi connectivity index (χ4n) is 2.95. The van der Waals surface area contributed by atoms with E-state index in [2.05, 4.69) is 20.2 Å². The van der Waals surface area contributed by atoms with Gasteiger partial charge in [-0.15, -0.1) is 0 Å². The van der Waals surface area contributed by atoms with Gasteiger partial charge in [0.25, 0.3) is 15.9 Å². The molecule has 3 N–H and O–H groups in total. The summed E-state index contributed by atoms with van der Waals surface area (Å²) < 4.78 is 42.6. The Balaban J connectivity index is 1.40. The summed E-state index contributed by atoms with van der Waals surface area (Å²) in [4.78, 5) is 12.4. The maximum absolute atomic E-state index is 13.0. The van der Waals surface area contributed by atoms with Crippen molar-refractivity contribution in [3.8, 4) is 0 Å². The Labute approximate surface area is 177 Å². The zero-order chi connectivity index (χ0) is 21.3. The van der Waals surface area contributed by atoms with E-state index in [0.717, 1.165) is 25.0 Å². The normalized spacial score (nSPS) is 13.8. The summed E-state index contributed by atoms with van der Waals surface area (Å²) >= 11 is 5.22. The number of nitrogens with one attached hydrogen (secondary N) is 3. The van der Waals surface area contributed by atoms with E-state index in [1.54, 1.807) is 0 Å². The molecule has 1 saturated carbocycles. The van der Waals surface area contributed by atoms with E-state index in [1.165, 1.54) is 36.4 Å². The average molecular weight is 448 g/mol. The number of hydrogen-bond donors (Lipinski definition) is 3. The molecule has 0 saturated heterocycles. The Bertz CT molecular complexity index is 1230. The van der Waals surface area contributed by atoms with Crippen LogP contribution in [0.5, 0.6) is 0 Å². The van der Waals surface area contributed by atoms with Crippen LogP contribution in [0.1, 0.15) is 35.1 Å². The summed E-state index contributed by atoms with van der Waals surface area (Å²) in [5, 5.41) is 9.70. The summed E-state index contributed by atoms with van der Waals surface area (Å²) in [6.07, 6.45) is 2.09. The van der Waals surface area contributed by atoms with E-state index in [4.69, 9.17) is 12.2 Å². The summed E-state index contributed by atoms with van der Waals surface area (Å²) in [5.41, 5.74) is 0.650. The molecule has 1 amide bonds. The van der Waals surface area contributed by atoms with Gasteiger partial charge in [-0.25, -0.2) is 12.8 Å². The fourth-order valence-corrected chi connectivity index (χ4v) is 4.31. The molecule has 156 valence electrons. The molecule has 0 bridgehead atoms. The van der Waals surface area contributed by atoms with Crippen molar-refractivity contribution >= 4 is 33.8 Å². The number of hydrogen-bond acceptors (Lipinski definition) is 5. The molecule has 30 heavy (non-hydrogen) atoms. The van der Waals surface area contributed by atoms with Crippen LogP contribution in [-0.2, 0) is 16.6 Å². The SMILES string of the molecule is O=C(NCc1n[nH]c(=S)n1C1CC1)c1ccc(NS(=O)(=O)c2ccc(F)cc2)cc1. The molecular weight excluding hydrogens is 429 g/mol. The monoisotopic (exact) mass is 447 g/mol. The summed E-state index contributed by atoms with van der Waals surface area (Å²) in [5.74, 6) is -0.176. The number of amides is 1. The van der Waals surface area contributed by atoms with Crippen LogP contribution in [0, 0.1) is 10.6 Å². The highest BCUT2D eigenvalue weighted by molar-refractivity contribution is 7.92. The molecule has 0 radical (unpaired) electrons. The van der Waals surface area contributed by atoms with Gasteiger partial charge in [-0.1, -0.05) is 0 Å². The van der Waals surface area contributed by atoms with Gasteiger partial charge in [-0.3, -0.25) is 19.2 Å². The van der Waals surface area contributed by atoms with Crippen LogP contribution in [0.25, 0.3) is 0 Å². The molecule has 1 aliphatic rings. The number of carbonyl (C=O) groups excluding carboxylic acids is 1. The third-order valence-corrected chi connectivity index (χ3v) is 6.30. The van der Waals surface area contributed by atoms with Crippen molar-refractivity contribution < 1.29 is 17.6 Å². The number of halogens is 1. The number of anilines is 1. The highest BCUT2D eigenvalue weighted by Gasteiger charge is 2.27. The van der Waals surface area contributed by atoms with Crippen molar-refractivity contribution in [2.75, 3.05) is 4.72 Å². The maximum atomic E-state index is 13.0. The van der Waals surface area contributed by atoms with E-state index in [-0.39, 0.29) is 23.0 Å².